The van der Waals surface area contributed by atoms with Crippen molar-refractivity contribution < 1.29 is 0 Å². The van der Waals surface area contributed by atoms with E-state index in [0.29, 0.717) is 17.9 Å². The van der Waals surface area contributed by atoms with Crippen LogP contribution in [0, 0.1) is 11.3 Å². The third-order valence-corrected chi connectivity index (χ3v) is 2.02. The average Bonchev–Trinajstić information content (AvgIpc) is 2.38. The fraction of sp³-hybridized carbons (Fsp3) is 0.0909. The van der Waals surface area contributed by atoms with Crippen molar-refractivity contribution in [2.45, 2.75) is 6.54 Å². The summed E-state index contributed by atoms with van der Waals surface area (Å²) in [7, 11) is 0. The van der Waals surface area contributed by atoms with E-state index in [-0.39, 0.29) is 0 Å². The summed E-state index contributed by atoms with van der Waals surface area (Å²) in [5.74, 6) is 0.543. The van der Waals surface area contributed by atoms with Crippen LogP contribution < -0.4 is 5.32 Å². The molecule has 2 rings (SSSR count). The van der Waals surface area contributed by atoms with Crippen LogP contribution >= 0.6 is 0 Å². The molecule has 5 nitrogen and oxygen atoms in total. The number of nitriles is 1. The summed E-state index contributed by atoms with van der Waals surface area (Å²) in [6.45, 7) is 0.583. The van der Waals surface area contributed by atoms with Gasteiger partial charge in [0.25, 0.3) is 0 Å². The van der Waals surface area contributed by atoms with Crippen LogP contribution in [0.1, 0.15) is 11.1 Å². The first-order valence-electron chi connectivity index (χ1n) is 4.73. The second-order valence-corrected chi connectivity index (χ2v) is 3.11. The zero-order chi connectivity index (χ0) is 11.2. The molecule has 0 aliphatic carbocycles. The van der Waals surface area contributed by atoms with E-state index in [1.807, 2.05) is 18.2 Å². The Hall–Kier alpha value is -2.48. The van der Waals surface area contributed by atoms with Gasteiger partial charge >= 0.3 is 0 Å². The average molecular weight is 211 g/mol. The van der Waals surface area contributed by atoms with Gasteiger partial charge in [0.05, 0.1) is 6.20 Å². The highest BCUT2D eigenvalue weighted by atomic mass is 15.0. The molecule has 78 valence electrons. The van der Waals surface area contributed by atoms with Gasteiger partial charge in [-0.1, -0.05) is 6.07 Å². The van der Waals surface area contributed by atoms with Gasteiger partial charge in [-0.15, -0.1) is 0 Å². The largest absolute Gasteiger partial charge is 0.365 e. The minimum absolute atomic E-state index is 0.436. The first kappa shape index (κ1) is 10.1. The monoisotopic (exact) mass is 211 g/mol. The third-order valence-electron chi connectivity index (χ3n) is 2.02. The summed E-state index contributed by atoms with van der Waals surface area (Å²) in [5, 5.41) is 11.9. The maximum atomic E-state index is 8.83. The first-order valence-corrected chi connectivity index (χ1v) is 4.73. The summed E-state index contributed by atoms with van der Waals surface area (Å²) in [4.78, 5) is 11.8. The van der Waals surface area contributed by atoms with Gasteiger partial charge in [-0.25, -0.2) is 9.97 Å². The molecule has 0 radical (unpaired) electrons. The number of aromatic nitrogens is 3. The van der Waals surface area contributed by atoms with Crippen molar-refractivity contribution in [1.82, 2.24) is 15.0 Å². The Bertz CT molecular complexity index is 503. The van der Waals surface area contributed by atoms with E-state index >= 15 is 0 Å². The van der Waals surface area contributed by atoms with Gasteiger partial charge in [-0.3, -0.25) is 4.98 Å². The van der Waals surface area contributed by atoms with Crippen molar-refractivity contribution in [2.75, 3.05) is 5.32 Å². The van der Waals surface area contributed by atoms with E-state index < -0.39 is 0 Å². The van der Waals surface area contributed by atoms with Gasteiger partial charge in [-0.05, 0) is 11.6 Å². The van der Waals surface area contributed by atoms with E-state index in [0.717, 1.165) is 5.56 Å². The molecule has 2 aromatic heterocycles. The molecule has 1 N–H and O–H groups in total. The van der Waals surface area contributed by atoms with Gasteiger partial charge in [0.15, 0.2) is 0 Å². The van der Waals surface area contributed by atoms with E-state index in [2.05, 4.69) is 20.3 Å². The highest BCUT2D eigenvalue weighted by Gasteiger charge is 2.01. The lowest BCUT2D eigenvalue weighted by molar-refractivity contribution is 1.06. The molecule has 0 spiro atoms. The molecule has 0 amide bonds. The van der Waals surface area contributed by atoms with Crippen molar-refractivity contribution in [2.24, 2.45) is 0 Å². The van der Waals surface area contributed by atoms with E-state index in [9.17, 15) is 0 Å². The Kier molecular flexibility index (Phi) is 3.04. The zero-order valence-electron chi connectivity index (χ0n) is 8.46. The molecule has 0 atom stereocenters. The van der Waals surface area contributed by atoms with Crippen molar-refractivity contribution >= 4 is 5.82 Å². The van der Waals surface area contributed by atoms with Crippen molar-refractivity contribution in [1.29, 1.82) is 5.26 Å². The molecule has 0 saturated carbocycles. The Morgan fingerprint density at radius 1 is 1.31 bits per heavy atom. The van der Waals surface area contributed by atoms with Crippen LogP contribution in [0.5, 0.6) is 0 Å². The molecular formula is C11H9N5. The lowest BCUT2D eigenvalue weighted by atomic mass is 10.3. The molecule has 0 unspecified atom stereocenters. The van der Waals surface area contributed by atoms with Gasteiger partial charge in [0.2, 0.25) is 0 Å². The van der Waals surface area contributed by atoms with E-state index in [1.54, 1.807) is 12.4 Å². The van der Waals surface area contributed by atoms with Gasteiger partial charge in [0, 0.05) is 18.9 Å². The summed E-state index contributed by atoms with van der Waals surface area (Å²) < 4.78 is 0. The summed E-state index contributed by atoms with van der Waals surface area (Å²) in [6.07, 6.45) is 6.38. The molecule has 0 bridgehead atoms. The van der Waals surface area contributed by atoms with Crippen LogP contribution in [-0.2, 0) is 6.54 Å². The molecule has 0 saturated heterocycles. The van der Waals surface area contributed by atoms with Crippen LogP contribution in [0.15, 0.2) is 37.1 Å². The molecule has 16 heavy (non-hydrogen) atoms. The maximum Gasteiger partial charge on any atom is 0.147 e. The molecule has 2 aromatic rings. The molecular weight excluding hydrogens is 202 g/mol. The second-order valence-electron chi connectivity index (χ2n) is 3.11. The zero-order valence-corrected chi connectivity index (χ0v) is 8.46. The third kappa shape index (κ3) is 2.30. The predicted molar refractivity (Wildman–Crippen MR) is 58.3 cm³/mol. The number of nitrogens with zero attached hydrogens (tertiary/aromatic N) is 4. The number of pyridine rings is 1. The van der Waals surface area contributed by atoms with Gasteiger partial charge < -0.3 is 5.32 Å². The lowest BCUT2D eigenvalue weighted by Crippen LogP contribution is -2.03. The van der Waals surface area contributed by atoms with E-state index in [1.165, 1.54) is 12.5 Å². The van der Waals surface area contributed by atoms with Crippen LogP contribution in [0.4, 0.5) is 5.82 Å². The quantitative estimate of drug-likeness (QED) is 0.829. The molecule has 0 aromatic carbocycles. The molecule has 0 aliphatic rings. The number of hydrogen-bond donors (Lipinski definition) is 1. The normalized spacial score (nSPS) is 9.44. The Morgan fingerprint density at radius 2 is 2.25 bits per heavy atom. The molecule has 2 heterocycles. The molecule has 0 aliphatic heterocycles. The van der Waals surface area contributed by atoms with E-state index in [4.69, 9.17) is 5.26 Å². The van der Waals surface area contributed by atoms with Crippen molar-refractivity contribution in [3.05, 3.63) is 48.2 Å². The summed E-state index contributed by atoms with van der Waals surface area (Å²) in [5.41, 5.74) is 1.47. The lowest BCUT2D eigenvalue weighted by Gasteiger charge is -2.05. The van der Waals surface area contributed by atoms with Crippen molar-refractivity contribution in [3.8, 4) is 6.07 Å². The number of nitrogens with one attached hydrogen (secondary N) is 1. The highest BCUT2D eigenvalue weighted by molar-refractivity contribution is 5.49. The fourth-order valence-electron chi connectivity index (χ4n) is 1.24. The standard InChI is InChI=1S/C11H9N5/c12-4-10-7-14-8-16-11(10)15-6-9-2-1-3-13-5-9/h1-3,5,7-8H,6H2,(H,14,15,16). The highest BCUT2D eigenvalue weighted by Crippen LogP contribution is 2.09. The number of anilines is 1. The minimum atomic E-state index is 0.436. The van der Waals surface area contributed by atoms with Crippen LogP contribution in [0.2, 0.25) is 0 Å². The molecule has 0 fully saturated rings. The van der Waals surface area contributed by atoms with Crippen LogP contribution in [0.25, 0.3) is 0 Å². The smallest absolute Gasteiger partial charge is 0.147 e. The maximum absolute atomic E-state index is 8.83. The van der Waals surface area contributed by atoms with Crippen LogP contribution in [0.3, 0.4) is 0 Å². The minimum Gasteiger partial charge on any atom is -0.365 e. The van der Waals surface area contributed by atoms with Crippen molar-refractivity contribution in [3.63, 3.8) is 0 Å². The van der Waals surface area contributed by atoms with Crippen LogP contribution in [-0.4, -0.2) is 15.0 Å². The van der Waals surface area contributed by atoms with Gasteiger partial charge in [0.1, 0.15) is 23.8 Å². The summed E-state index contributed by atoms with van der Waals surface area (Å²) >= 11 is 0. The molecule has 5 heteroatoms. The topological polar surface area (TPSA) is 74.5 Å². The Balaban J connectivity index is 2.09. The predicted octanol–water partition coefficient (Wildman–Crippen LogP) is 1.36. The number of hydrogen-bond acceptors (Lipinski definition) is 5. The summed E-state index contributed by atoms with van der Waals surface area (Å²) in [6, 6.07) is 5.84. The second kappa shape index (κ2) is 4.84. The number of rotatable bonds is 3. The Morgan fingerprint density at radius 3 is 3.00 bits per heavy atom. The fourth-order valence-corrected chi connectivity index (χ4v) is 1.24. The van der Waals surface area contributed by atoms with Gasteiger partial charge in [-0.2, -0.15) is 5.26 Å². The Labute approximate surface area is 92.8 Å². The SMILES string of the molecule is N#Cc1cncnc1NCc1cccnc1. The first-order chi connectivity index (χ1) is 7.90.